The Labute approximate surface area is 276 Å². The molecule has 2 amide bonds. The van der Waals surface area contributed by atoms with Crippen LogP contribution in [0.4, 0.5) is 5.69 Å². The molecule has 0 radical (unpaired) electrons. The van der Waals surface area contributed by atoms with E-state index < -0.39 is 34.1 Å². The number of carbonyl (C=O) groups excluding carboxylic acids is 2. The van der Waals surface area contributed by atoms with Gasteiger partial charge in [0.25, 0.3) is 10.0 Å². The number of nitrogens with zero attached hydrogens (tertiary/aromatic N) is 2. The lowest BCUT2D eigenvalue weighted by molar-refractivity contribution is -0.141. The van der Waals surface area contributed by atoms with E-state index in [9.17, 15) is 18.0 Å². The van der Waals surface area contributed by atoms with Crippen molar-refractivity contribution in [2.75, 3.05) is 39.3 Å². The fourth-order valence-corrected chi connectivity index (χ4v) is 6.33. The second-order valence-corrected chi connectivity index (χ2v) is 13.7. The minimum atomic E-state index is -4.46. The molecule has 0 unspecified atom stereocenters. The number of hydrogen-bond acceptors (Lipinski definition) is 8. The summed E-state index contributed by atoms with van der Waals surface area (Å²) in [5.41, 5.74) is 0.188. The zero-order valence-electron chi connectivity index (χ0n) is 27.4. The number of halogens is 1. The van der Waals surface area contributed by atoms with Crippen LogP contribution in [0.15, 0.2) is 65.6 Å². The molecule has 46 heavy (non-hydrogen) atoms. The zero-order valence-corrected chi connectivity index (χ0v) is 29.0. The molecular formula is C33H42ClN3O8S. The second kappa shape index (κ2) is 15.4. The third-order valence-electron chi connectivity index (χ3n) is 7.03. The largest absolute Gasteiger partial charge is 0.497 e. The van der Waals surface area contributed by atoms with Gasteiger partial charge in [-0.25, -0.2) is 8.42 Å². The SMILES string of the molecule is CC[C@@H](C(=O)NC(C)(C)C)N(Cc1ccc(Cl)cc1)C(=O)CN(c1cc(OC)ccc1OC)S(=O)(=O)c1ccc(OC)c(OC)c1. The molecule has 11 nitrogen and oxygen atoms in total. The quantitative estimate of drug-likeness (QED) is 0.245. The summed E-state index contributed by atoms with van der Waals surface area (Å²) >= 11 is 6.11. The number of benzene rings is 3. The summed E-state index contributed by atoms with van der Waals surface area (Å²) in [5, 5.41) is 3.46. The van der Waals surface area contributed by atoms with Crippen LogP contribution in [-0.4, -0.2) is 71.7 Å². The fourth-order valence-electron chi connectivity index (χ4n) is 4.77. The molecule has 0 spiro atoms. The molecule has 0 saturated carbocycles. The maximum atomic E-state index is 14.5. The molecule has 0 aliphatic rings. The van der Waals surface area contributed by atoms with Crippen molar-refractivity contribution in [1.82, 2.24) is 10.2 Å². The third-order valence-corrected chi connectivity index (χ3v) is 9.03. The van der Waals surface area contributed by atoms with E-state index >= 15 is 0 Å². The average molecular weight is 676 g/mol. The van der Waals surface area contributed by atoms with Crippen molar-refractivity contribution in [3.63, 3.8) is 0 Å². The van der Waals surface area contributed by atoms with Crippen LogP contribution in [0.3, 0.4) is 0 Å². The Kier molecular flexibility index (Phi) is 12.2. The molecule has 0 aromatic heterocycles. The van der Waals surface area contributed by atoms with Gasteiger partial charge in [0.1, 0.15) is 24.1 Å². The summed E-state index contributed by atoms with van der Waals surface area (Å²) in [5.74, 6) is 0.0316. The highest BCUT2D eigenvalue weighted by Gasteiger charge is 2.36. The molecule has 13 heteroatoms. The highest BCUT2D eigenvalue weighted by Crippen LogP contribution is 2.38. The Bertz CT molecular complexity index is 1620. The maximum Gasteiger partial charge on any atom is 0.265 e. The van der Waals surface area contributed by atoms with Gasteiger partial charge in [0.05, 0.1) is 39.0 Å². The van der Waals surface area contributed by atoms with E-state index in [4.69, 9.17) is 30.5 Å². The molecule has 250 valence electrons. The first kappa shape index (κ1) is 36.3. The van der Waals surface area contributed by atoms with Crippen molar-refractivity contribution >= 4 is 39.1 Å². The minimum absolute atomic E-state index is 0.0194. The van der Waals surface area contributed by atoms with E-state index in [0.29, 0.717) is 22.1 Å². The lowest BCUT2D eigenvalue weighted by Crippen LogP contribution is -2.55. The minimum Gasteiger partial charge on any atom is -0.497 e. The van der Waals surface area contributed by atoms with E-state index in [1.807, 2.05) is 20.8 Å². The van der Waals surface area contributed by atoms with Crippen LogP contribution in [0.5, 0.6) is 23.0 Å². The number of rotatable bonds is 14. The summed E-state index contributed by atoms with van der Waals surface area (Å²) in [4.78, 5) is 29.2. The first-order valence-corrected chi connectivity index (χ1v) is 16.3. The number of anilines is 1. The van der Waals surface area contributed by atoms with Crippen molar-refractivity contribution in [3.8, 4) is 23.0 Å². The van der Waals surface area contributed by atoms with Crippen molar-refractivity contribution in [3.05, 3.63) is 71.2 Å². The number of nitrogens with one attached hydrogen (secondary N) is 1. The topological polar surface area (TPSA) is 124 Å². The summed E-state index contributed by atoms with van der Waals surface area (Å²) in [6.45, 7) is 6.66. The molecule has 1 N–H and O–H groups in total. The predicted molar refractivity (Wildman–Crippen MR) is 178 cm³/mol. The van der Waals surface area contributed by atoms with Gasteiger partial charge in [0.15, 0.2) is 11.5 Å². The molecule has 3 aromatic rings. The summed E-state index contributed by atoms with van der Waals surface area (Å²) in [6.07, 6.45) is 0.270. The monoisotopic (exact) mass is 675 g/mol. The Morgan fingerprint density at radius 3 is 2.00 bits per heavy atom. The van der Waals surface area contributed by atoms with E-state index in [-0.39, 0.29) is 41.0 Å². The highest BCUT2D eigenvalue weighted by atomic mass is 35.5. The molecular weight excluding hydrogens is 634 g/mol. The van der Waals surface area contributed by atoms with Crippen LogP contribution in [0.1, 0.15) is 39.7 Å². The highest BCUT2D eigenvalue weighted by molar-refractivity contribution is 7.92. The number of methoxy groups -OCH3 is 4. The number of carbonyl (C=O) groups is 2. The van der Waals surface area contributed by atoms with Crippen LogP contribution in [0, 0.1) is 0 Å². The molecule has 0 saturated heterocycles. The summed E-state index contributed by atoms with van der Waals surface area (Å²) in [7, 11) is 1.20. The van der Waals surface area contributed by atoms with Gasteiger partial charge in [-0.3, -0.25) is 13.9 Å². The van der Waals surface area contributed by atoms with Crippen LogP contribution in [0.2, 0.25) is 5.02 Å². The Morgan fingerprint density at radius 2 is 1.46 bits per heavy atom. The first-order chi connectivity index (χ1) is 21.7. The molecule has 1 atom stereocenters. The number of sulfonamides is 1. The van der Waals surface area contributed by atoms with Crippen molar-refractivity contribution < 1.29 is 37.0 Å². The Morgan fingerprint density at radius 1 is 0.848 bits per heavy atom. The lowest BCUT2D eigenvalue weighted by Gasteiger charge is -2.35. The molecule has 0 fully saturated rings. The van der Waals surface area contributed by atoms with E-state index in [1.54, 1.807) is 43.3 Å². The predicted octanol–water partition coefficient (Wildman–Crippen LogP) is 5.29. The van der Waals surface area contributed by atoms with Crippen LogP contribution >= 0.6 is 11.6 Å². The standard InChI is InChI=1S/C33H42ClN3O8S/c1-9-26(32(39)35-33(2,3)4)36(20-22-10-12-23(34)13-11-22)31(38)21-37(27-18-24(42-5)14-16-28(27)43-6)46(40,41)25-15-17-29(44-7)30(19-25)45-8/h10-19,26H,9,20-21H2,1-8H3,(H,35,39)/t26-/m0/s1. The number of hydrogen-bond donors (Lipinski definition) is 1. The Hall–Kier alpha value is -4.16. The molecule has 0 heterocycles. The van der Waals surface area contributed by atoms with Crippen molar-refractivity contribution in [2.45, 2.75) is 57.1 Å². The van der Waals surface area contributed by atoms with E-state index in [2.05, 4.69) is 5.32 Å². The van der Waals surface area contributed by atoms with Crippen molar-refractivity contribution in [2.24, 2.45) is 0 Å². The van der Waals surface area contributed by atoms with Gasteiger partial charge in [-0.05, 0) is 69.2 Å². The smallest absolute Gasteiger partial charge is 0.265 e. The number of amides is 2. The van der Waals surface area contributed by atoms with Crippen molar-refractivity contribution in [1.29, 1.82) is 0 Å². The normalized spacial score (nSPS) is 12.1. The average Bonchev–Trinajstić information content (AvgIpc) is 3.02. The van der Waals surface area contributed by atoms with E-state index in [0.717, 1.165) is 4.31 Å². The molecule has 0 aliphatic carbocycles. The van der Waals surface area contributed by atoms with Gasteiger partial charge < -0.3 is 29.2 Å². The summed E-state index contributed by atoms with van der Waals surface area (Å²) in [6, 6.07) is 14.7. The van der Waals surface area contributed by atoms with Gasteiger partial charge in [-0.15, -0.1) is 0 Å². The molecule has 0 aliphatic heterocycles. The van der Waals surface area contributed by atoms with Gasteiger partial charge in [-0.1, -0.05) is 30.7 Å². The van der Waals surface area contributed by atoms with Crippen LogP contribution < -0.4 is 28.6 Å². The third kappa shape index (κ3) is 8.76. The van der Waals surface area contributed by atoms with Crippen LogP contribution in [-0.2, 0) is 26.2 Å². The van der Waals surface area contributed by atoms with E-state index in [1.165, 1.54) is 57.6 Å². The lowest BCUT2D eigenvalue weighted by atomic mass is 10.1. The van der Waals surface area contributed by atoms with Gasteiger partial charge in [0, 0.05) is 29.2 Å². The van der Waals surface area contributed by atoms with Gasteiger partial charge in [-0.2, -0.15) is 0 Å². The Balaban J connectivity index is 2.20. The van der Waals surface area contributed by atoms with Gasteiger partial charge >= 0.3 is 0 Å². The van der Waals surface area contributed by atoms with Crippen LogP contribution in [0.25, 0.3) is 0 Å². The maximum absolute atomic E-state index is 14.5. The second-order valence-electron chi connectivity index (χ2n) is 11.4. The zero-order chi connectivity index (χ0) is 34.2. The van der Waals surface area contributed by atoms with Gasteiger partial charge in [0.2, 0.25) is 11.8 Å². The fraction of sp³-hybridized carbons (Fsp3) is 0.394. The molecule has 3 rings (SSSR count). The summed E-state index contributed by atoms with van der Waals surface area (Å²) < 4.78 is 51.4. The number of ether oxygens (including phenoxy) is 4. The first-order valence-electron chi connectivity index (χ1n) is 14.5. The molecule has 0 bridgehead atoms. The molecule has 3 aromatic carbocycles.